The summed E-state index contributed by atoms with van der Waals surface area (Å²) in [5.74, 6) is 0.613. The van der Waals surface area contributed by atoms with E-state index in [0.717, 1.165) is 51.4 Å². The molecule has 0 spiro atoms. The number of rotatable bonds is 8. The van der Waals surface area contributed by atoms with E-state index in [1.807, 2.05) is 0 Å². The van der Waals surface area contributed by atoms with Crippen molar-refractivity contribution >= 4 is 5.78 Å². The van der Waals surface area contributed by atoms with E-state index in [0.29, 0.717) is 5.78 Å². The Morgan fingerprint density at radius 1 is 0.500 bits per heavy atom. The van der Waals surface area contributed by atoms with Gasteiger partial charge in [0.2, 0.25) is 0 Å². The molecule has 0 aliphatic heterocycles. The summed E-state index contributed by atoms with van der Waals surface area (Å²) in [5, 5.41) is 0. The van der Waals surface area contributed by atoms with Gasteiger partial charge in [-0.05, 0) is 62.2 Å². The highest BCUT2D eigenvalue weighted by molar-refractivity contribution is 5.95. The van der Waals surface area contributed by atoms with Crippen molar-refractivity contribution in [2.75, 3.05) is 0 Å². The van der Waals surface area contributed by atoms with Crippen LogP contribution in [0.2, 0.25) is 0 Å². The molecule has 0 atom stereocenters. The van der Waals surface area contributed by atoms with Crippen molar-refractivity contribution in [3.63, 3.8) is 0 Å². The summed E-state index contributed by atoms with van der Waals surface area (Å²) in [4.78, 5) is 13.9. The zero-order valence-electron chi connectivity index (χ0n) is 16.6. The monoisotopic (exact) mass is 308 g/mol. The van der Waals surface area contributed by atoms with E-state index in [1.54, 1.807) is 0 Å². The van der Waals surface area contributed by atoms with Crippen LogP contribution in [0, 0.1) is 21.7 Å². The molecule has 1 nitrogen and oxygen atoms in total. The summed E-state index contributed by atoms with van der Waals surface area (Å²) >= 11 is 0. The van der Waals surface area contributed by atoms with Crippen LogP contribution in [0.4, 0.5) is 0 Å². The van der Waals surface area contributed by atoms with Gasteiger partial charge in [0.05, 0.1) is 0 Å². The van der Waals surface area contributed by atoms with Crippen molar-refractivity contribution in [2.45, 2.75) is 107 Å². The summed E-state index contributed by atoms with van der Waals surface area (Å²) in [6, 6.07) is 0. The van der Waals surface area contributed by atoms with Gasteiger partial charge in [-0.3, -0.25) is 4.79 Å². The molecule has 0 radical (unpaired) electrons. The third-order valence-electron chi connectivity index (χ3n) is 8.45. The maximum atomic E-state index is 13.9. The normalized spacial score (nSPS) is 24.6. The maximum Gasteiger partial charge on any atom is 0.146 e. The molecule has 0 N–H and O–H groups in total. The number of hydrogen-bond acceptors (Lipinski definition) is 1. The third-order valence-corrected chi connectivity index (χ3v) is 8.45. The Balaban J connectivity index is 3.92. The van der Waals surface area contributed by atoms with Crippen LogP contribution in [0.1, 0.15) is 107 Å². The fraction of sp³-hybridized carbons (Fsp3) is 0.952. The Bertz CT molecular complexity index is 341. The molecule has 22 heavy (non-hydrogen) atoms. The van der Waals surface area contributed by atoms with Gasteiger partial charge in [-0.1, -0.05) is 55.4 Å². The van der Waals surface area contributed by atoms with Crippen LogP contribution < -0.4 is 0 Å². The number of hydrogen-bond donors (Lipinski definition) is 0. The zero-order valence-corrected chi connectivity index (χ0v) is 16.6. The van der Waals surface area contributed by atoms with E-state index >= 15 is 0 Å². The molecule has 1 aliphatic carbocycles. The predicted octanol–water partition coefficient (Wildman–Crippen LogP) is 6.79. The Labute approximate surface area is 139 Å². The molecule has 0 aromatic carbocycles. The first kappa shape index (κ1) is 19.7. The van der Waals surface area contributed by atoms with Crippen LogP contribution in [0.5, 0.6) is 0 Å². The van der Waals surface area contributed by atoms with Crippen LogP contribution in [0.25, 0.3) is 0 Å². The molecule has 130 valence electrons. The highest BCUT2D eigenvalue weighted by Gasteiger charge is 2.76. The van der Waals surface area contributed by atoms with Gasteiger partial charge in [0.15, 0.2) is 0 Å². The van der Waals surface area contributed by atoms with Crippen LogP contribution in [0.15, 0.2) is 0 Å². The van der Waals surface area contributed by atoms with E-state index in [9.17, 15) is 4.79 Å². The van der Waals surface area contributed by atoms with E-state index < -0.39 is 0 Å². The summed E-state index contributed by atoms with van der Waals surface area (Å²) in [5.41, 5.74) is 0.0925. The molecule has 0 saturated heterocycles. The van der Waals surface area contributed by atoms with Gasteiger partial charge in [-0.15, -0.1) is 0 Å². The van der Waals surface area contributed by atoms with Gasteiger partial charge in [0, 0.05) is 10.8 Å². The van der Waals surface area contributed by atoms with Gasteiger partial charge >= 0.3 is 0 Å². The summed E-state index contributed by atoms with van der Waals surface area (Å²) < 4.78 is 0. The van der Waals surface area contributed by atoms with E-state index in [2.05, 4.69) is 55.4 Å². The Morgan fingerprint density at radius 3 is 0.864 bits per heavy atom. The lowest BCUT2D eigenvalue weighted by Gasteiger charge is -2.56. The van der Waals surface area contributed by atoms with Crippen molar-refractivity contribution in [1.29, 1.82) is 0 Å². The molecular weight excluding hydrogens is 268 g/mol. The second-order valence-corrected chi connectivity index (χ2v) is 7.49. The zero-order chi connectivity index (χ0) is 17.2. The standard InChI is InChI=1S/C21H40O/c1-9-18(10-2)17(22)19(11-3,12-4)21(15-7,16-8)20(18,13-5)14-6/h9-16H2,1-8H3. The maximum absolute atomic E-state index is 13.9. The molecule has 0 unspecified atom stereocenters. The minimum Gasteiger partial charge on any atom is -0.298 e. The molecule has 0 aromatic heterocycles. The molecular formula is C21H40O. The van der Waals surface area contributed by atoms with Gasteiger partial charge < -0.3 is 0 Å². The fourth-order valence-electron chi connectivity index (χ4n) is 7.51. The summed E-state index contributed by atoms with van der Waals surface area (Å²) in [7, 11) is 0. The lowest BCUT2D eigenvalue weighted by atomic mass is 9.47. The highest BCUT2D eigenvalue weighted by atomic mass is 16.1. The van der Waals surface area contributed by atoms with Gasteiger partial charge in [-0.25, -0.2) is 0 Å². The molecule has 0 bridgehead atoms. The van der Waals surface area contributed by atoms with Crippen LogP contribution in [-0.2, 0) is 4.79 Å². The van der Waals surface area contributed by atoms with Crippen molar-refractivity contribution < 1.29 is 4.79 Å². The third kappa shape index (κ3) is 1.75. The van der Waals surface area contributed by atoms with Crippen molar-refractivity contribution in [1.82, 2.24) is 0 Å². The second kappa shape index (κ2) is 6.65. The molecule has 1 rings (SSSR count). The molecule has 1 heteroatoms. The molecule has 1 aliphatic rings. The minimum atomic E-state index is -0.117. The Kier molecular flexibility index (Phi) is 5.96. The van der Waals surface area contributed by atoms with Gasteiger partial charge in [-0.2, -0.15) is 0 Å². The van der Waals surface area contributed by atoms with Crippen LogP contribution in [0.3, 0.4) is 0 Å². The van der Waals surface area contributed by atoms with Gasteiger partial charge in [0.25, 0.3) is 0 Å². The molecule has 1 fully saturated rings. The first-order chi connectivity index (χ1) is 10.4. The van der Waals surface area contributed by atoms with Crippen LogP contribution in [-0.4, -0.2) is 5.78 Å². The molecule has 0 amide bonds. The average Bonchev–Trinajstić information content (AvgIpc) is 2.74. The summed E-state index contributed by atoms with van der Waals surface area (Å²) in [6.45, 7) is 18.4. The second-order valence-electron chi connectivity index (χ2n) is 7.49. The minimum absolute atomic E-state index is 0.117. The summed E-state index contributed by atoms with van der Waals surface area (Å²) in [6.07, 6.45) is 8.59. The number of carbonyl (C=O) groups is 1. The number of Topliss-reactive ketones (excluding diaryl/α,β-unsaturated/α-hetero) is 1. The van der Waals surface area contributed by atoms with E-state index in [4.69, 9.17) is 0 Å². The largest absolute Gasteiger partial charge is 0.298 e. The Morgan fingerprint density at radius 2 is 0.727 bits per heavy atom. The number of carbonyl (C=O) groups excluding carboxylic acids is 1. The first-order valence-corrected chi connectivity index (χ1v) is 9.94. The SMILES string of the molecule is CCC1(CC)C(=O)C(CC)(CC)C(CC)(CC)C1(CC)CC. The average molecular weight is 309 g/mol. The van der Waals surface area contributed by atoms with E-state index in [-0.39, 0.29) is 21.7 Å². The van der Waals surface area contributed by atoms with Crippen molar-refractivity contribution in [3.8, 4) is 0 Å². The van der Waals surface area contributed by atoms with E-state index in [1.165, 1.54) is 0 Å². The lowest BCUT2D eigenvalue weighted by Crippen LogP contribution is -2.50. The van der Waals surface area contributed by atoms with Gasteiger partial charge in [0.1, 0.15) is 5.78 Å². The smallest absolute Gasteiger partial charge is 0.146 e. The topological polar surface area (TPSA) is 17.1 Å². The quantitative estimate of drug-likeness (QED) is 0.482. The molecule has 0 aromatic rings. The first-order valence-electron chi connectivity index (χ1n) is 9.94. The van der Waals surface area contributed by atoms with Crippen molar-refractivity contribution in [2.24, 2.45) is 21.7 Å². The van der Waals surface area contributed by atoms with Crippen LogP contribution >= 0.6 is 0 Å². The highest BCUT2D eigenvalue weighted by Crippen LogP contribution is 2.77. The number of ketones is 1. The fourth-order valence-corrected chi connectivity index (χ4v) is 7.51. The molecule has 1 saturated carbocycles. The lowest BCUT2D eigenvalue weighted by molar-refractivity contribution is -0.138. The Hall–Kier alpha value is -0.330. The molecule has 0 heterocycles. The predicted molar refractivity (Wildman–Crippen MR) is 97.1 cm³/mol. The van der Waals surface area contributed by atoms with Crippen molar-refractivity contribution in [3.05, 3.63) is 0 Å².